The number of thioether (sulfide) groups is 1. The van der Waals surface area contributed by atoms with Gasteiger partial charge in [-0.25, -0.2) is 0 Å². The molecule has 2 aromatic carbocycles. The number of amides is 1. The van der Waals surface area contributed by atoms with E-state index in [0.717, 1.165) is 40.8 Å². The predicted molar refractivity (Wildman–Crippen MR) is 112 cm³/mol. The highest BCUT2D eigenvalue weighted by atomic mass is 32.2. The summed E-state index contributed by atoms with van der Waals surface area (Å²) in [4.78, 5) is 26.3. The molecule has 29 heavy (non-hydrogen) atoms. The normalized spacial score (nSPS) is 15.6. The molecule has 1 aromatic heterocycles. The van der Waals surface area contributed by atoms with Crippen molar-refractivity contribution in [3.63, 3.8) is 0 Å². The molecular weight excluding hydrogens is 384 g/mol. The van der Waals surface area contributed by atoms with Gasteiger partial charge in [0.15, 0.2) is 10.9 Å². The minimum absolute atomic E-state index is 0.0235. The first-order chi connectivity index (χ1) is 14.1. The largest absolute Gasteiger partial charge is 0.315 e. The molecule has 1 saturated carbocycles. The Bertz CT molecular complexity index is 1110. The summed E-state index contributed by atoms with van der Waals surface area (Å²) >= 11 is 1.41. The van der Waals surface area contributed by atoms with Gasteiger partial charge < -0.3 is 4.90 Å². The van der Waals surface area contributed by atoms with Gasteiger partial charge in [0.2, 0.25) is 5.91 Å². The minimum Gasteiger partial charge on any atom is -0.315 e. The summed E-state index contributed by atoms with van der Waals surface area (Å²) in [5.41, 5.74) is 3.45. The Hall–Kier alpha value is -2.93. The number of nitrogens with zero attached hydrogens (tertiary/aromatic N) is 4. The number of carbonyl (C=O) groups is 2. The number of hydrogen-bond acceptors (Lipinski definition) is 5. The lowest BCUT2D eigenvalue weighted by molar-refractivity contribution is -0.117. The van der Waals surface area contributed by atoms with Crippen LogP contribution in [0.25, 0.3) is 5.69 Å². The first-order valence-electron chi connectivity index (χ1n) is 9.68. The second-order valence-electron chi connectivity index (χ2n) is 7.47. The first kappa shape index (κ1) is 18.1. The van der Waals surface area contributed by atoms with Crippen molar-refractivity contribution in [2.45, 2.75) is 30.3 Å². The molecule has 0 saturated heterocycles. The van der Waals surface area contributed by atoms with Crippen molar-refractivity contribution in [1.82, 2.24) is 14.8 Å². The molecule has 6 nitrogen and oxygen atoms in total. The van der Waals surface area contributed by atoms with Gasteiger partial charge in [0, 0.05) is 29.9 Å². The van der Waals surface area contributed by atoms with Gasteiger partial charge in [0.05, 0.1) is 12.2 Å². The number of anilines is 1. The molecule has 0 bridgehead atoms. The van der Waals surface area contributed by atoms with Crippen LogP contribution in [-0.4, -0.2) is 39.3 Å². The van der Waals surface area contributed by atoms with E-state index in [1.807, 2.05) is 42.5 Å². The van der Waals surface area contributed by atoms with Crippen molar-refractivity contribution in [3.05, 3.63) is 65.5 Å². The molecule has 1 amide bonds. The van der Waals surface area contributed by atoms with Crippen LogP contribution in [-0.2, 0) is 11.2 Å². The summed E-state index contributed by atoms with van der Waals surface area (Å²) in [6.45, 7) is 0. The van der Waals surface area contributed by atoms with Crippen LogP contribution in [0.15, 0.2) is 53.7 Å². The van der Waals surface area contributed by atoms with E-state index in [2.05, 4.69) is 14.8 Å². The van der Waals surface area contributed by atoms with Gasteiger partial charge in [-0.1, -0.05) is 30.0 Å². The predicted octanol–water partition coefficient (Wildman–Crippen LogP) is 3.64. The molecule has 146 valence electrons. The molecule has 1 fully saturated rings. The van der Waals surface area contributed by atoms with Gasteiger partial charge in [-0.3, -0.25) is 14.2 Å². The van der Waals surface area contributed by atoms with E-state index in [1.54, 1.807) is 18.0 Å². The molecule has 1 aliphatic heterocycles. The lowest BCUT2D eigenvalue weighted by Gasteiger charge is -2.11. The van der Waals surface area contributed by atoms with Crippen molar-refractivity contribution in [1.29, 1.82) is 0 Å². The van der Waals surface area contributed by atoms with E-state index in [1.165, 1.54) is 11.8 Å². The zero-order chi connectivity index (χ0) is 20.0. The van der Waals surface area contributed by atoms with Crippen LogP contribution in [0.3, 0.4) is 0 Å². The van der Waals surface area contributed by atoms with Gasteiger partial charge >= 0.3 is 0 Å². The summed E-state index contributed by atoms with van der Waals surface area (Å²) in [5.74, 6) is 1.79. The first-order valence-corrected chi connectivity index (χ1v) is 10.7. The molecular formula is C22H20N4O2S. The van der Waals surface area contributed by atoms with Gasteiger partial charge in [-0.15, -0.1) is 10.2 Å². The summed E-state index contributed by atoms with van der Waals surface area (Å²) in [5, 5.41) is 9.51. The molecule has 3 aromatic rings. The maximum Gasteiger partial charge on any atom is 0.231 e. The number of para-hydroxylation sites is 1. The Morgan fingerprint density at radius 3 is 2.69 bits per heavy atom. The zero-order valence-electron chi connectivity index (χ0n) is 16.0. The van der Waals surface area contributed by atoms with Crippen LogP contribution in [0.4, 0.5) is 5.69 Å². The maximum absolute atomic E-state index is 12.8. The number of rotatable bonds is 6. The third-order valence-corrected chi connectivity index (χ3v) is 6.36. The molecule has 2 aliphatic rings. The number of Topliss-reactive ketones (excluding diaryl/α,β-unsaturated/α-hetero) is 1. The highest BCUT2D eigenvalue weighted by molar-refractivity contribution is 7.99. The Morgan fingerprint density at radius 1 is 1.14 bits per heavy atom. The third-order valence-electron chi connectivity index (χ3n) is 5.43. The van der Waals surface area contributed by atoms with Crippen molar-refractivity contribution in [2.75, 3.05) is 17.7 Å². The summed E-state index contributed by atoms with van der Waals surface area (Å²) in [6, 6.07) is 15.5. The number of fused-ring (bicyclic) bond motifs is 1. The van der Waals surface area contributed by atoms with E-state index >= 15 is 0 Å². The highest BCUT2D eigenvalue weighted by Crippen LogP contribution is 2.41. The Kier molecular flexibility index (Phi) is 4.47. The van der Waals surface area contributed by atoms with Crippen LogP contribution in [0.2, 0.25) is 0 Å². The molecule has 0 atom stereocenters. The number of hydrogen-bond donors (Lipinski definition) is 0. The van der Waals surface area contributed by atoms with Crippen LogP contribution in [0.5, 0.6) is 0 Å². The molecule has 2 heterocycles. The average Bonchev–Trinajstić information content (AvgIpc) is 3.44. The Morgan fingerprint density at radius 2 is 1.93 bits per heavy atom. The molecule has 0 unspecified atom stereocenters. The van der Waals surface area contributed by atoms with E-state index in [-0.39, 0.29) is 17.4 Å². The molecule has 7 heteroatoms. The third kappa shape index (κ3) is 3.35. The van der Waals surface area contributed by atoms with E-state index in [0.29, 0.717) is 17.9 Å². The van der Waals surface area contributed by atoms with Gasteiger partial charge in [-0.05, 0) is 48.7 Å². The number of aromatic nitrogens is 3. The fraction of sp³-hybridized carbons (Fsp3) is 0.273. The number of ketones is 1. The highest BCUT2D eigenvalue weighted by Gasteiger charge is 2.31. The Balaban J connectivity index is 1.37. The topological polar surface area (TPSA) is 68.1 Å². The fourth-order valence-electron chi connectivity index (χ4n) is 3.66. The number of likely N-dealkylation sites (N-methyl/N-ethyl adjacent to an activating group) is 1. The molecule has 0 spiro atoms. The fourth-order valence-corrected chi connectivity index (χ4v) is 4.51. The quantitative estimate of drug-likeness (QED) is 0.463. The summed E-state index contributed by atoms with van der Waals surface area (Å²) in [6.07, 6.45) is 2.63. The second kappa shape index (κ2) is 7.15. The summed E-state index contributed by atoms with van der Waals surface area (Å²) < 4.78 is 2.08. The van der Waals surface area contributed by atoms with Crippen molar-refractivity contribution >= 4 is 29.1 Å². The number of carbonyl (C=O) groups excluding carboxylic acids is 2. The SMILES string of the molecule is CN1C(=O)Cc2cc(C(=O)CSc3nnc(C4CC4)n3-c3ccccc3)ccc21. The van der Waals surface area contributed by atoms with Gasteiger partial charge in [-0.2, -0.15) is 0 Å². The number of benzene rings is 2. The van der Waals surface area contributed by atoms with Crippen LogP contribution >= 0.6 is 11.8 Å². The lowest BCUT2D eigenvalue weighted by Crippen LogP contribution is -2.20. The van der Waals surface area contributed by atoms with Crippen molar-refractivity contribution in [2.24, 2.45) is 0 Å². The van der Waals surface area contributed by atoms with Crippen molar-refractivity contribution < 1.29 is 9.59 Å². The van der Waals surface area contributed by atoms with Gasteiger partial charge in [0.25, 0.3) is 0 Å². The summed E-state index contributed by atoms with van der Waals surface area (Å²) in [7, 11) is 1.76. The Labute approximate surface area is 172 Å². The maximum atomic E-state index is 12.8. The molecule has 0 radical (unpaired) electrons. The van der Waals surface area contributed by atoms with Crippen LogP contribution < -0.4 is 4.90 Å². The van der Waals surface area contributed by atoms with Crippen molar-refractivity contribution in [3.8, 4) is 5.69 Å². The van der Waals surface area contributed by atoms with Gasteiger partial charge in [0.1, 0.15) is 5.82 Å². The molecule has 0 N–H and O–H groups in total. The molecule has 5 rings (SSSR count). The minimum atomic E-state index is 0.0235. The van der Waals surface area contributed by atoms with E-state index in [9.17, 15) is 9.59 Å². The monoisotopic (exact) mass is 404 g/mol. The van der Waals surface area contributed by atoms with Crippen LogP contribution in [0, 0.1) is 0 Å². The second-order valence-corrected chi connectivity index (χ2v) is 8.41. The van der Waals surface area contributed by atoms with Crippen LogP contribution in [0.1, 0.15) is 40.5 Å². The molecule has 1 aliphatic carbocycles. The standard InChI is InChI=1S/C22H20N4O2S/c1-25-18-10-9-15(11-16(18)12-20(25)28)19(27)13-29-22-24-23-21(14-7-8-14)26(22)17-5-3-2-4-6-17/h2-6,9-11,14H,7-8,12-13H2,1H3. The average molecular weight is 404 g/mol. The van der Waals surface area contributed by atoms with E-state index in [4.69, 9.17) is 0 Å². The lowest BCUT2D eigenvalue weighted by atomic mass is 10.1. The smallest absolute Gasteiger partial charge is 0.231 e. The zero-order valence-corrected chi connectivity index (χ0v) is 16.9. The van der Waals surface area contributed by atoms with E-state index < -0.39 is 0 Å².